The summed E-state index contributed by atoms with van der Waals surface area (Å²) in [7, 11) is 0. The highest BCUT2D eigenvalue weighted by Crippen LogP contribution is 2.38. The Morgan fingerprint density at radius 3 is 2.89 bits per heavy atom. The molecule has 8 nitrogen and oxygen atoms in total. The maximum absolute atomic E-state index is 11.0. The SMILES string of the molecule is N#CCC(C1CCCC1)n1cc(-c2c(NC=O)cnn3c(N)ccc23)cn1. The molecular formula is C19H21N7O. The van der Waals surface area contributed by atoms with E-state index in [1.54, 1.807) is 23.0 Å². The lowest BCUT2D eigenvalue weighted by molar-refractivity contribution is -0.105. The van der Waals surface area contributed by atoms with E-state index in [0.29, 0.717) is 30.3 Å². The molecule has 3 aromatic heterocycles. The smallest absolute Gasteiger partial charge is 0.211 e. The second kappa shape index (κ2) is 7.11. The summed E-state index contributed by atoms with van der Waals surface area (Å²) in [4.78, 5) is 11.0. The summed E-state index contributed by atoms with van der Waals surface area (Å²) in [5, 5.41) is 20.8. The molecule has 1 fully saturated rings. The fourth-order valence-corrected chi connectivity index (χ4v) is 4.12. The lowest BCUT2D eigenvalue weighted by atomic mass is 9.96. The fraction of sp³-hybridized carbons (Fsp3) is 0.368. The van der Waals surface area contributed by atoms with Crippen LogP contribution in [0.15, 0.2) is 30.7 Å². The van der Waals surface area contributed by atoms with Crippen molar-refractivity contribution in [2.24, 2.45) is 5.92 Å². The monoisotopic (exact) mass is 363 g/mol. The number of carbonyl (C=O) groups is 1. The number of nitrogens with zero attached hydrogens (tertiary/aromatic N) is 5. The molecule has 1 unspecified atom stereocenters. The summed E-state index contributed by atoms with van der Waals surface area (Å²) in [5.74, 6) is 0.996. The average Bonchev–Trinajstić information content (AvgIpc) is 3.42. The van der Waals surface area contributed by atoms with E-state index in [-0.39, 0.29) is 6.04 Å². The van der Waals surface area contributed by atoms with Gasteiger partial charge in [-0.15, -0.1) is 0 Å². The Balaban J connectivity index is 1.79. The van der Waals surface area contributed by atoms with E-state index in [1.807, 2.05) is 16.9 Å². The number of nitrogens with two attached hydrogens (primary N) is 1. The number of nitrogen functional groups attached to an aromatic ring is 1. The molecule has 0 aromatic carbocycles. The summed E-state index contributed by atoms with van der Waals surface area (Å²) in [6.45, 7) is 0. The van der Waals surface area contributed by atoms with Gasteiger partial charge in [-0.3, -0.25) is 9.48 Å². The Bertz CT molecular complexity index is 1010. The van der Waals surface area contributed by atoms with Crippen molar-refractivity contribution in [2.75, 3.05) is 11.1 Å². The third-order valence-electron chi connectivity index (χ3n) is 5.40. The lowest BCUT2D eigenvalue weighted by Gasteiger charge is -2.21. The van der Waals surface area contributed by atoms with Crippen molar-refractivity contribution in [3.8, 4) is 17.2 Å². The molecule has 1 saturated carbocycles. The highest BCUT2D eigenvalue weighted by Gasteiger charge is 2.27. The second-order valence-corrected chi connectivity index (χ2v) is 6.93. The van der Waals surface area contributed by atoms with Gasteiger partial charge in [0.05, 0.1) is 42.1 Å². The van der Waals surface area contributed by atoms with Gasteiger partial charge in [0.25, 0.3) is 0 Å². The van der Waals surface area contributed by atoms with Gasteiger partial charge in [0.2, 0.25) is 6.41 Å². The zero-order valence-corrected chi connectivity index (χ0v) is 14.9. The Morgan fingerprint density at radius 1 is 1.33 bits per heavy atom. The van der Waals surface area contributed by atoms with Crippen molar-refractivity contribution >= 4 is 23.4 Å². The van der Waals surface area contributed by atoms with Gasteiger partial charge in [0.1, 0.15) is 5.82 Å². The molecule has 138 valence electrons. The van der Waals surface area contributed by atoms with Gasteiger partial charge < -0.3 is 11.1 Å². The van der Waals surface area contributed by atoms with E-state index < -0.39 is 0 Å². The number of nitriles is 1. The lowest BCUT2D eigenvalue weighted by Crippen LogP contribution is -2.17. The van der Waals surface area contributed by atoms with Gasteiger partial charge >= 0.3 is 0 Å². The third-order valence-corrected chi connectivity index (χ3v) is 5.40. The topological polar surface area (TPSA) is 114 Å². The summed E-state index contributed by atoms with van der Waals surface area (Å²) < 4.78 is 3.54. The van der Waals surface area contributed by atoms with Crippen molar-refractivity contribution in [3.05, 3.63) is 30.7 Å². The molecule has 0 spiro atoms. The van der Waals surface area contributed by atoms with Crippen molar-refractivity contribution in [2.45, 2.75) is 38.1 Å². The number of hydrogen-bond donors (Lipinski definition) is 2. The number of anilines is 2. The molecule has 4 rings (SSSR count). The van der Waals surface area contributed by atoms with E-state index in [0.717, 1.165) is 29.5 Å². The van der Waals surface area contributed by atoms with Crippen LogP contribution in [-0.2, 0) is 4.79 Å². The van der Waals surface area contributed by atoms with Crippen LogP contribution in [0.1, 0.15) is 38.1 Å². The van der Waals surface area contributed by atoms with E-state index in [4.69, 9.17) is 5.73 Å². The summed E-state index contributed by atoms with van der Waals surface area (Å²) in [5.41, 5.74) is 9.02. The number of aromatic nitrogens is 4. The molecule has 0 radical (unpaired) electrons. The maximum Gasteiger partial charge on any atom is 0.211 e. The highest BCUT2D eigenvalue weighted by atomic mass is 16.1. The minimum Gasteiger partial charge on any atom is -0.384 e. The Morgan fingerprint density at radius 2 is 2.15 bits per heavy atom. The minimum absolute atomic E-state index is 0.0726. The van der Waals surface area contributed by atoms with E-state index in [9.17, 15) is 10.1 Å². The van der Waals surface area contributed by atoms with Crippen LogP contribution < -0.4 is 11.1 Å². The van der Waals surface area contributed by atoms with Gasteiger partial charge in [-0.25, -0.2) is 4.52 Å². The van der Waals surface area contributed by atoms with Crippen LogP contribution in [0, 0.1) is 17.2 Å². The van der Waals surface area contributed by atoms with Crippen molar-refractivity contribution in [3.63, 3.8) is 0 Å². The van der Waals surface area contributed by atoms with Gasteiger partial charge in [0, 0.05) is 17.3 Å². The molecule has 1 amide bonds. The average molecular weight is 363 g/mol. The first-order chi connectivity index (χ1) is 13.2. The largest absolute Gasteiger partial charge is 0.384 e. The minimum atomic E-state index is 0.0726. The predicted octanol–water partition coefficient (Wildman–Crippen LogP) is 2.99. The van der Waals surface area contributed by atoms with Gasteiger partial charge in [-0.1, -0.05) is 12.8 Å². The fourth-order valence-electron chi connectivity index (χ4n) is 4.12. The number of rotatable bonds is 6. The molecule has 1 atom stereocenters. The van der Waals surface area contributed by atoms with Gasteiger partial charge in [-0.2, -0.15) is 15.5 Å². The van der Waals surface area contributed by atoms with Crippen molar-refractivity contribution < 1.29 is 4.79 Å². The van der Waals surface area contributed by atoms with Gasteiger partial charge in [-0.05, 0) is 30.9 Å². The van der Waals surface area contributed by atoms with Gasteiger partial charge in [0.15, 0.2) is 0 Å². The Kier molecular flexibility index (Phi) is 4.50. The molecule has 1 aliphatic carbocycles. The van der Waals surface area contributed by atoms with Crippen LogP contribution in [0.2, 0.25) is 0 Å². The van der Waals surface area contributed by atoms with Crippen LogP contribution in [0.5, 0.6) is 0 Å². The third kappa shape index (κ3) is 3.01. The van der Waals surface area contributed by atoms with E-state index >= 15 is 0 Å². The molecular weight excluding hydrogens is 342 g/mol. The Labute approximate surface area is 156 Å². The number of hydrogen-bond acceptors (Lipinski definition) is 5. The molecule has 0 bridgehead atoms. The number of nitrogens with one attached hydrogen (secondary N) is 1. The standard InChI is InChI=1S/C19H21N7O/c20-8-7-16(13-3-1-2-4-13)25-11-14(9-23-25)19-15(22-12-27)10-24-26-17(19)5-6-18(26)21/h5-6,9-13,16H,1-4,7,21H2,(H,22,27). The number of fused-ring (bicyclic) bond motifs is 1. The van der Waals surface area contributed by atoms with Crippen LogP contribution in [0.25, 0.3) is 16.6 Å². The Hall–Kier alpha value is -3.34. The molecule has 3 N–H and O–H groups in total. The van der Waals surface area contributed by atoms with Crippen LogP contribution in [0.3, 0.4) is 0 Å². The van der Waals surface area contributed by atoms with E-state index in [2.05, 4.69) is 21.6 Å². The van der Waals surface area contributed by atoms with Crippen molar-refractivity contribution in [1.29, 1.82) is 5.26 Å². The first-order valence-electron chi connectivity index (χ1n) is 9.11. The predicted molar refractivity (Wildman–Crippen MR) is 102 cm³/mol. The molecule has 1 aliphatic rings. The molecule has 0 aliphatic heterocycles. The summed E-state index contributed by atoms with van der Waals surface area (Å²) in [6.07, 6.45) is 11.1. The highest BCUT2D eigenvalue weighted by molar-refractivity contribution is 5.94. The summed E-state index contributed by atoms with van der Waals surface area (Å²) >= 11 is 0. The molecule has 27 heavy (non-hydrogen) atoms. The van der Waals surface area contributed by atoms with Crippen LogP contribution in [0.4, 0.5) is 11.5 Å². The second-order valence-electron chi connectivity index (χ2n) is 6.93. The molecule has 3 aromatic rings. The van der Waals surface area contributed by atoms with Crippen LogP contribution in [-0.4, -0.2) is 25.8 Å². The number of amides is 1. The number of carbonyl (C=O) groups excluding carboxylic acids is 1. The van der Waals surface area contributed by atoms with Crippen LogP contribution >= 0.6 is 0 Å². The molecule has 0 saturated heterocycles. The zero-order valence-electron chi connectivity index (χ0n) is 14.9. The zero-order chi connectivity index (χ0) is 18.8. The first-order valence-corrected chi connectivity index (χ1v) is 9.11. The van der Waals surface area contributed by atoms with E-state index in [1.165, 1.54) is 12.8 Å². The molecule has 3 heterocycles. The quantitative estimate of drug-likeness (QED) is 0.654. The normalized spacial score (nSPS) is 15.7. The maximum atomic E-state index is 11.0. The summed E-state index contributed by atoms with van der Waals surface area (Å²) in [6, 6.07) is 6.02. The molecule has 8 heteroatoms. The first kappa shape index (κ1) is 17.1. The van der Waals surface area contributed by atoms with Crippen molar-refractivity contribution in [1.82, 2.24) is 19.4 Å².